The largest absolute Gasteiger partial charge is 0.495 e. The predicted octanol–water partition coefficient (Wildman–Crippen LogP) is 3.65. The fourth-order valence-corrected chi connectivity index (χ4v) is 4.79. The van der Waals surface area contributed by atoms with Crippen molar-refractivity contribution >= 4 is 22.1 Å². The van der Waals surface area contributed by atoms with Gasteiger partial charge in [-0.2, -0.15) is 9.41 Å². The number of methoxy groups -OCH3 is 1. The number of sulfonamides is 1. The summed E-state index contributed by atoms with van der Waals surface area (Å²) in [4.78, 5) is 12.6. The Morgan fingerprint density at radius 1 is 1.00 bits per heavy atom. The van der Waals surface area contributed by atoms with Crippen LogP contribution < -0.4 is 10.2 Å². The number of benzene rings is 3. The highest BCUT2D eigenvalue weighted by molar-refractivity contribution is 7.89. The van der Waals surface area contributed by atoms with Crippen molar-refractivity contribution in [2.75, 3.05) is 13.7 Å². The predicted molar refractivity (Wildman–Crippen MR) is 129 cm³/mol. The third-order valence-electron chi connectivity index (χ3n) is 4.94. The lowest BCUT2D eigenvalue weighted by atomic mass is 10.2. The molecule has 0 saturated carbocycles. The molecule has 1 amide bonds. The Labute approximate surface area is 194 Å². The first kappa shape index (κ1) is 24.2. The minimum Gasteiger partial charge on any atom is -0.495 e. The highest BCUT2D eigenvalue weighted by Gasteiger charge is 2.30. The van der Waals surface area contributed by atoms with E-state index in [1.54, 1.807) is 25.1 Å². The van der Waals surface area contributed by atoms with Gasteiger partial charge in [0, 0.05) is 6.54 Å². The summed E-state index contributed by atoms with van der Waals surface area (Å²) in [5, 5.41) is 3.96. The standard InChI is InChI=1S/C25H27N3O4S/c1-19-9-12-21(13-10-19)16-26-27-25(29)18-28(17-22-7-5-4-6-8-22)33(30,31)24-15-20(2)11-14-23(24)32-3/h4-16H,17-18H2,1-3H3,(H,27,29)/b26-16+. The van der Waals surface area contributed by atoms with Crippen LogP contribution in [0.5, 0.6) is 5.75 Å². The molecule has 0 aliphatic rings. The maximum absolute atomic E-state index is 13.6. The summed E-state index contributed by atoms with van der Waals surface area (Å²) < 4.78 is 33.5. The first-order valence-corrected chi connectivity index (χ1v) is 11.8. The van der Waals surface area contributed by atoms with Crippen LogP contribution in [0.4, 0.5) is 0 Å². The van der Waals surface area contributed by atoms with E-state index in [1.165, 1.54) is 13.3 Å². The average Bonchev–Trinajstić information content (AvgIpc) is 2.80. The van der Waals surface area contributed by atoms with Gasteiger partial charge in [0.25, 0.3) is 5.91 Å². The molecule has 0 fully saturated rings. The Bertz CT molecular complexity index is 1220. The monoisotopic (exact) mass is 465 g/mol. The number of hydrazone groups is 1. The minimum atomic E-state index is -4.05. The topological polar surface area (TPSA) is 88.1 Å². The summed E-state index contributed by atoms with van der Waals surface area (Å²) >= 11 is 0. The Balaban J connectivity index is 1.84. The number of rotatable bonds is 9. The van der Waals surface area contributed by atoms with Gasteiger partial charge < -0.3 is 4.74 Å². The molecule has 7 nitrogen and oxygen atoms in total. The fraction of sp³-hybridized carbons (Fsp3) is 0.200. The molecule has 1 N–H and O–H groups in total. The Morgan fingerprint density at radius 2 is 1.67 bits per heavy atom. The van der Waals surface area contributed by atoms with Gasteiger partial charge in [0.1, 0.15) is 10.6 Å². The summed E-state index contributed by atoms with van der Waals surface area (Å²) in [7, 11) is -2.63. The number of ether oxygens (including phenoxy) is 1. The lowest BCUT2D eigenvalue weighted by Crippen LogP contribution is -2.39. The van der Waals surface area contributed by atoms with Crippen molar-refractivity contribution in [2.45, 2.75) is 25.3 Å². The highest BCUT2D eigenvalue weighted by atomic mass is 32.2. The molecular formula is C25H27N3O4S. The van der Waals surface area contributed by atoms with Crippen LogP contribution in [-0.4, -0.2) is 38.5 Å². The summed E-state index contributed by atoms with van der Waals surface area (Å²) in [6, 6.07) is 21.6. The minimum absolute atomic E-state index is 0.0110. The van der Waals surface area contributed by atoms with Gasteiger partial charge >= 0.3 is 0 Å². The zero-order chi connectivity index (χ0) is 23.8. The number of nitrogens with zero attached hydrogens (tertiary/aromatic N) is 2. The molecule has 3 rings (SSSR count). The van der Waals surface area contributed by atoms with Crippen LogP contribution in [0.3, 0.4) is 0 Å². The molecular weight excluding hydrogens is 438 g/mol. The summed E-state index contributed by atoms with van der Waals surface area (Å²) in [5.74, 6) is -0.332. The van der Waals surface area contributed by atoms with Crippen LogP contribution in [0, 0.1) is 13.8 Å². The van der Waals surface area contributed by atoms with E-state index in [-0.39, 0.29) is 17.2 Å². The lowest BCUT2D eigenvalue weighted by Gasteiger charge is -2.23. The van der Waals surface area contributed by atoms with E-state index in [0.29, 0.717) is 0 Å². The summed E-state index contributed by atoms with van der Waals surface area (Å²) in [6.45, 7) is 3.40. The van der Waals surface area contributed by atoms with Gasteiger partial charge in [0.05, 0.1) is 19.9 Å². The third kappa shape index (κ3) is 6.50. The number of carbonyl (C=O) groups is 1. The van der Waals surface area contributed by atoms with Crippen LogP contribution in [0.15, 0.2) is 82.8 Å². The highest BCUT2D eigenvalue weighted by Crippen LogP contribution is 2.28. The number of hydrogen-bond donors (Lipinski definition) is 1. The van der Waals surface area contributed by atoms with Gasteiger partial charge in [-0.3, -0.25) is 4.79 Å². The number of hydrogen-bond acceptors (Lipinski definition) is 5. The van der Waals surface area contributed by atoms with Crippen molar-refractivity contribution in [1.82, 2.24) is 9.73 Å². The van der Waals surface area contributed by atoms with Gasteiger partial charge in [-0.1, -0.05) is 66.2 Å². The molecule has 0 aliphatic heterocycles. The van der Waals surface area contributed by atoms with E-state index < -0.39 is 22.5 Å². The Kier molecular flexibility index (Phi) is 7.97. The van der Waals surface area contributed by atoms with E-state index in [4.69, 9.17) is 4.74 Å². The van der Waals surface area contributed by atoms with Crippen molar-refractivity contribution in [2.24, 2.45) is 5.10 Å². The van der Waals surface area contributed by atoms with Crippen LogP contribution in [0.1, 0.15) is 22.3 Å². The van der Waals surface area contributed by atoms with Gasteiger partial charge in [-0.15, -0.1) is 0 Å². The van der Waals surface area contributed by atoms with Crippen molar-refractivity contribution in [1.29, 1.82) is 0 Å². The van der Waals surface area contributed by atoms with Crippen molar-refractivity contribution < 1.29 is 17.9 Å². The molecule has 0 spiro atoms. The van der Waals surface area contributed by atoms with E-state index >= 15 is 0 Å². The van der Waals surface area contributed by atoms with Crippen LogP contribution in [-0.2, 0) is 21.4 Å². The fourth-order valence-electron chi connectivity index (χ4n) is 3.16. The Hall–Kier alpha value is -3.49. The molecule has 8 heteroatoms. The molecule has 0 heterocycles. The molecule has 0 atom stereocenters. The molecule has 3 aromatic rings. The normalized spacial score (nSPS) is 11.6. The number of nitrogens with one attached hydrogen (secondary N) is 1. The molecule has 0 radical (unpaired) electrons. The van der Waals surface area contributed by atoms with Crippen molar-refractivity contribution in [3.63, 3.8) is 0 Å². The van der Waals surface area contributed by atoms with Crippen LogP contribution in [0.25, 0.3) is 0 Å². The second-order valence-electron chi connectivity index (χ2n) is 7.62. The SMILES string of the molecule is COc1ccc(C)cc1S(=O)(=O)N(CC(=O)N/N=C/c1ccc(C)cc1)Cc1ccccc1. The molecule has 172 valence electrons. The molecule has 0 bridgehead atoms. The second-order valence-corrected chi connectivity index (χ2v) is 9.52. The van der Waals surface area contributed by atoms with Gasteiger partial charge in [-0.05, 0) is 42.7 Å². The zero-order valence-electron chi connectivity index (χ0n) is 18.9. The van der Waals surface area contributed by atoms with E-state index in [0.717, 1.165) is 26.6 Å². The molecule has 33 heavy (non-hydrogen) atoms. The Morgan fingerprint density at radius 3 is 2.33 bits per heavy atom. The summed E-state index contributed by atoms with van der Waals surface area (Å²) in [6.07, 6.45) is 1.51. The second kappa shape index (κ2) is 10.9. The summed E-state index contributed by atoms with van der Waals surface area (Å²) in [5.41, 5.74) is 5.87. The average molecular weight is 466 g/mol. The van der Waals surface area contributed by atoms with E-state index in [1.807, 2.05) is 61.5 Å². The van der Waals surface area contributed by atoms with E-state index in [2.05, 4.69) is 10.5 Å². The number of carbonyl (C=O) groups excluding carboxylic acids is 1. The van der Waals surface area contributed by atoms with Crippen molar-refractivity contribution in [3.8, 4) is 5.75 Å². The molecule has 0 saturated heterocycles. The maximum atomic E-state index is 13.6. The molecule has 0 unspecified atom stereocenters. The van der Waals surface area contributed by atoms with E-state index in [9.17, 15) is 13.2 Å². The van der Waals surface area contributed by atoms with Gasteiger partial charge in [0.15, 0.2) is 0 Å². The molecule has 0 aliphatic carbocycles. The first-order chi connectivity index (χ1) is 15.8. The lowest BCUT2D eigenvalue weighted by molar-refractivity contribution is -0.121. The number of amides is 1. The van der Waals surface area contributed by atoms with Crippen molar-refractivity contribution in [3.05, 3.63) is 95.1 Å². The van der Waals surface area contributed by atoms with Crippen LogP contribution >= 0.6 is 0 Å². The quantitative estimate of drug-likeness (QED) is 0.386. The third-order valence-corrected chi connectivity index (χ3v) is 6.75. The smallest absolute Gasteiger partial charge is 0.255 e. The number of aryl methyl sites for hydroxylation is 2. The first-order valence-electron chi connectivity index (χ1n) is 10.4. The van der Waals surface area contributed by atoms with Crippen LogP contribution in [0.2, 0.25) is 0 Å². The molecule has 3 aromatic carbocycles. The maximum Gasteiger partial charge on any atom is 0.255 e. The zero-order valence-corrected chi connectivity index (χ0v) is 19.7. The van der Waals surface area contributed by atoms with Gasteiger partial charge in [0.2, 0.25) is 10.0 Å². The van der Waals surface area contributed by atoms with Gasteiger partial charge in [-0.25, -0.2) is 13.8 Å². The molecule has 0 aromatic heterocycles.